The zero-order valence-electron chi connectivity index (χ0n) is 8.99. The number of benzene rings is 2. The van der Waals surface area contributed by atoms with Crippen LogP contribution in [0.2, 0.25) is 0 Å². The Hall–Kier alpha value is -2.17. The van der Waals surface area contributed by atoms with E-state index in [1.54, 1.807) is 0 Å². The van der Waals surface area contributed by atoms with Gasteiger partial charge >= 0.3 is 6.18 Å². The maximum Gasteiger partial charge on any atom is 0.417 e. The number of alkyl halides is 3. The summed E-state index contributed by atoms with van der Waals surface area (Å²) in [5.41, 5.74) is -0.738. The van der Waals surface area contributed by atoms with Gasteiger partial charge in [0.1, 0.15) is 0 Å². The molecule has 0 unspecified atom stereocenters. The van der Waals surface area contributed by atoms with Crippen LogP contribution in [0.5, 0.6) is 11.5 Å². The Kier molecular flexibility index (Phi) is 2.90. The second kappa shape index (κ2) is 4.25. The molecular weight excluding hydrogens is 245 g/mol. The molecule has 2 aromatic carbocycles. The summed E-state index contributed by atoms with van der Waals surface area (Å²) in [6.45, 7) is 0. The van der Waals surface area contributed by atoms with Gasteiger partial charge in [0.25, 0.3) is 0 Å². The highest BCUT2D eigenvalue weighted by Gasteiger charge is 2.33. The smallest absolute Gasteiger partial charge is 0.417 e. The van der Waals surface area contributed by atoms with Crippen LogP contribution in [0.25, 0.3) is 11.1 Å². The van der Waals surface area contributed by atoms with E-state index in [9.17, 15) is 18.3 Å². The second-order valence-corrected chi connectivity index (χ2v) is 3.67. The lowest BCUT2D eigenvalue weighted by Gasteiger charge is -2.12. The van der Waals surface area contributed by atoms with E-state index in [2.05, 4.69) is 6.07 Å². The van der Waals surface area contributed by atoms with E-state index >= 15 is 0 Å². The molecule has 0 aliphatic heterocycles. The lowest BCUT2D eigenvalue weighted by atomic mass is 9.99. The largest absolute Gasteiger partial charge is 0.504 e. The number of aromatic hydroxyl groups is 2. The molecule has 2 nitrogen and oxygen atoms in total. The summed E-state index contributed by atoms with van der Waals surface area (Å²) < 4.78 is 38.3. The molecule has 0 atom stereocenters. The second-order valence-electron chi connectivity index (χ2n) is 3.67. The van der Waals surface area contributed by atoms with Crippen LogP contribution in [0.1, 0.15) is 5.56 Å². The average molecular weight is 253 g/mol. The van der Waals surface area contributed by atoms with E-state index in [4.69, 9.17) is 5.11 Å². The monoisotopic (exact) mass is 253 g/mol. The Bertz CT molecular complexity index is 577. The van der Waals surface area contributed by atoms with Gasteiger partial charge in [0, 0.05) is 0 Å². The minimum atomic E-state index is -4.50. The fraction of sp³-hybridized carbons (Fsp3) is 0.0769. The van der Waals surface area contributed by atoms with Crippen LogP contribution in [0.15, 0.2) is 36.4 Å². The molecular formula is C13H8F3O2. The lowest BCUT2D eigenvalue weighted by molar-refractivity contribution is -0.137. The van der Waals surface area contributed by atoms with Crippen LogP contribution in [0.3, 0.4) is 0 Å². The highest BCUT2D eigenvalue weighted by Crippen LogP contribution is 2.38. The number of phenolic OH excluding ortho intramolecular Hbond substituents is 2. The molecule has 0 aliphatic rings. The number of phenols is 2. The van der Waals surface area contributed by atoms with Crippen molar-refractivity contribution >= 4 is 0 Å². The molecule has 5 heteroatoms. The molecule has 2 aromatic rings. The predicted octanol–water partition coefficient (Wildman–Crippen LogP) is 3.58. The Balaban J connectivity index is 2.61. The maximum absolute atomic E-state index is 12.8. The van der Waals surface area contributed by atoms with Crippen molar-refractivity contribution in [3.05, 3.63) is 48.0 Å². The molecule has 0 saturated heterocycles. The van der Waals surface area contributed by atoms with E-state index in [0.717, 1.165) is 18.2 Å². The first-order chi connectivity index (χ1) is 8.39. The molecule has 18 heavy (non-hydrogen) atoms. The molecule has 0 aromatic heterocycles. The van der Waals surface area contributed by atoms with Gasteiger partial charge in [0.2, 0.25) is 0 Å². The van der Waals surface area contributed by atoms with Gasteiger partial charge in [-0.25, -0.2) is 0 Å². The molecule has 1 radical (unpaired) electrons. The van der Waals surface area contributed by atoms with Crippen LogP contribution >= 0.6 is 0 Å². The fourth-order valence-corrected chi connectivity index (χ4v) is 1.61. The molecule has 93 valence electrons. The molecule has 0 heterocycles. The molecule has 0 amide bonds. The molecule has 0 spiro atoms. The Labute approximate surface area is 101 Å². The SMILES string of the molecule is Oc1ccc(-c2cc[c]cc2C(F)(F)F)cc1O. The summed E-state index contributed by atoms with van der Waals surface area (Å²) in [5, 5.41) is 18.5. The van der Waals surface area contributed by atoms with Crippen molar-refractivity contribution in [3.8, 4) is 22.6 Å². The third-order valence-electron chi connectivity index (χ3n) is 2.46. The van der Waals surface area contributed by atoms with E-state index in [1.165, 1.54) is 18.2 Å². The van der Waals surface area contributed by atoms with Gasteiger partial charge in [-0.3, -0.25) is 0 Å². The lowest BCUT2D eigenvalue weighted by Crippen LogP contribution is -2.06. The third-order valence-corrected chi connectivity index (χ3v) is 2.46. The average Bonchev–Trinajstić information content (AvgIpc) is 2.32. The van der Waals surface area contributed by atoms with Gasteiger partial charge in [0.15, 0.2) is 11.5 Å². The van der Waals surface area contributed by atoms with Crippen molar-refractivity contribution in [1.82, 2.24) is 0 Å². The van der Waals surface area contributed by atoms with Gasteiger partial charge in [0.05, 0.1) is 5.56 Å². The van der Waals surface area contributed by atoms with Crippen LogP contribution in [-0.2, 0) is 6.18 Å². The zero-order valence-corrected chi connectivity index (χ0v) is 8.99. The van der Waals surface area contributed by atoms with Crippen molar-refractivity contribution < 1.29 is 23.4 Å². The quantitative estimate of drug-likeness (QED) is 0.762. The number of halogens is 3. The molecule has 2 N–H and O–H groups in total. The maximum atomic E-state index is 12.8. The first-order valence-electron chi connectivity index (χ1n) is 4.99. The van der Waals surface area contributed by atoms with Gasteiger partial charge < -0.3 is 10.2 Å². The number of hydrogen-bond donors (Lipinski definition) is 2. The summed E-state index contributed by atoms with van der Waals surface area (Å²) >= 11 is 0. The summed E-state index contributed by atoms with van der Waals surface area (Å²) in [6, 6.07) is 9.36. The molecule has 2 rings (SSSR count). The molecule has 0 bridgehead atoms. The fourth-order valence-electron chi connectivity index (χ4n) is 1.61. The van der Waals surface area contributed by atoms with Gasteiger partial charge in [-0.15, -0.1) is 0 Å². The van der Waals surface area contributed by atoms with Crippen molar-refractivity contribution in [2.75, 3.05) is 0 Å². The molecule has 0 aliphatic carbocycles. The number of hydrogen-bond acceptors (Lipinski definition) is 2. The van der Waals surface area contributed by atoms with Crippen LogP contribution in [0.4, 0.5) is 13.2 Å². The summed E-state index contributed by atoms with van der Waals surface area (Å²) in [7, 11) is 0. The number of rotatable bonds is 1. The first kappa shape index (κ1) is 12.3. The minimum absolute atomic E-state index is 0.0726. The topological polar surface area (TPSA) is 40.5 Å². The van der Waals surface area contributed by atoms with Crippen LogP contribution in [-0.4, -0.2) is 10.2 Å². The third kappa shape index (κ3) is 2.25. The van der Waals surface area contributed by atoms with E-state index < -0.39 is 17.5 Å². The molecule has 0 saturated carbocycles. The summed E-state index contributed by atoms with van der Waals surface area (Å²) in [5.74, 6) is -0.844. The van der Waals surface area contributed by atoms with Crippen molar-refractivity contribution in [1.29, 1.82) is 0 Å². The zero-order chi connectivity index (χ0) is 13.3. The Morgan fingerprint density at radius 2 is 1.72 bits per heavy atom. The first-order valence-corrected chi connectivity index (χ1v) is 4.99. The van der Waals surface area contributed by atoms with E-state index in [1.807, 2.05) is 0 Å². The van der Waals surface area contributed by atoms with Gasteiger partial charge in [-0.1, -0.05) is 18.2 Å². The highest BCUT2D eigenvalue weighted by atomic mass is 19.4. The minimum Gasteiger partial charge on any atom is -0.504 e. The van der Waals surface area contributed by atoms with Crippen LogP contribution < -0.4 is 0 Å². The van der Waals surface area contributed by atoms with E-state index in [-0.39, 0.29) is 16.9 Å². The van der Waals surface area contributed by atoms with Crippen molar-refractivity contribution in [2.45, 2.75) is 6.18 Å². The molecule has 0 fully saturated rings. The van der Waals surface area contributed by atoms with Crippen molar-refractivity contribution in [3.63, 3.8) is 0 Å². The Morgan fingerprint density at radius 3 is 2.33 bits per heavy atom. The summed E-state index contributed by atoms with van der Waals surface area (Å²) in [4.78, 5) is 0. The normalized spacial score (nSPS) is 11.5. The van der Waals surface area contributed by atoms with Crippen molar-refractivity contribution in [2.24, 2.45) is 0 Å². The van der Waals surface area contributed by atoms with Gasteiger partial charge in [-0.05, 0) is 35.4 Å². The van der Waals surface area contributed by atoms with Crippen LogP contribution in [0, 0.1) is 6.07 Å². The van der Waals surface area contributed by atoms with Gasteiger partial charge in [-0.2, -0.15) is 13.2 Å². The highest BCUT2D eigenvalue weighted by molar-refractivity contribution is 5.70. The standard InChI is InChI=1S/C13H8F3O2/c14-13(15,16)10-4-2-1-3-9(10)8-5-6-11(17)12(18)7-8/h1,3-7,17-18H. The Morgan fingerprint density at radius 1 is 1.00 bits per heavy atom. The van der Waals surface area contributed by atoms with E-state index in [0.29, 0.717) is 0 Å². The summed E-state index contributed by atoms with van der Waals surface area (Å²) in [6.07, 6.45) is -4.50. The predicted molar refractivity (Wildman–Crippen MR) is 59.0 cm³/mol.